The molecule has 3 rings (SSSR count). The molecule has 3 N–H and O–H groups in total. The molecule has 1 aliphatic heterocycles. The van der Waals surface area contributed by atoms with Crippen LogP contribution in [0.2, 0.25) is 5.02 Å². The summed E-state index contributed by atoms with van der Waals surface area (Å²) in [5.74, 6) is 1.03. The molecule has 0 bridgehead atoms. The largest absolute Gasteiger partial charge is 0.456 e. The fourth-order valence-electron chi connectivity index (χ4n) is 2.48. The number of rotatable bonds is 4. The van der Waals surface area contributed by atoms with Crippen LogP contribution in [0.3, 0.4) is 0 Å². The SMILES string of the molecule is Cl.NC1(C(=O)Nc2ccc(Oc3ccccc3Cl)cc2)CCOCC1. The first-order chi connectivity index (χ1) is 11.6. The van der Waals surface area contributed by atoms with Crippen LogP contribution in [-0.4, -0.2) is 24.7 Å². The zero-order chi connectivity index (χ0) is 17.0. The van der Waals surface area contributed by atoms with Gasteiger partial charge in [-0.3, -0.25) is 4.79 Å². The van der Waals surface area contributed by atoms with Crippen LogP contribution in [0, 0.1) is 0 Å². The highest BCUT2D eigenvalue weighted by Gasteiger charge is 2.35. The maximum atomic E-state index is 12.4. The van der Waals surface area contributed by atoms with Crippen LogP contribution in [0.15, 0.2) is 48.5 Å². The van der Waals surface area contributed by atoms with Crippen LogP contribution < -0.4 is 15.8 Å². The predicted octanol–water partition coefficient (Wildman–Crippen LogP) is 4.00. The van der Waals surface area contributed by atoms with Crippen molar-refractivity contribution in [3.8, 4) is 11.5 Å². The maximum Gasteiger partial charge on any atom is 0.244 e. The Hall–Kier alpha value is -1.79. The van der Waals surface area contributed by atoms with Crippen LogP contribution in [0.25, 0.3) is 0 Å². The van der Waals surface area contributed by atoms with Gasteiger partial charge in [0.25, 0.3) is 0 Å². The molecule has 0 aliphatic carbocycles. The first-order valence-electron chi connectivity index (χ1n) is 7.77. The van der Waals surface area contributed by atoms with Gasteiger partial charge in [0.15, 0.2) is 0 Å². The standard InChI is InChI=1S/C18H19ClN2O3.ClH/c19-15-3-1-2-4-16(15)24-14-7-5-13(6-8-14)21-17(22)18(20)9-11-23-12-10-18;/h1-8H,9-12,20H2,(H,21,22);1H. The molecule has 0 atom stereocenters. The fraction of sp³-hybridized carbons (Fsp3) is 0.278. The lowest BCUT2D eigenvalue weighted by molar-refractivity contribution is -0.124. The zero-order valence-corrected chi connectivity index (χ0v) is 15.1. The number of hydrogen-bond donors (Lipinski definition) is 2. The molecule has 5 nitrogen and oxygen atoms in total. The number of ether oxygens (including phenoxy) is 2. The molecule has 1 heterocycles. The van der Waals surface area contributed by atoms with Crippen LogP contribution in [0.5, 0.6) is 11.5 Å². The lowest BCUT2D eigenvalue weighted by Crippen LogP contribution is -2.54. The van der Waals surface area contributed by atoms with Crippen LogP contribution in [0.4, 0.5) is 5.69 Å². The second-order valence-electron chi connectivity index (χ2n) is 5.78. The fourth-order valence-corrected chi connectivity index (χ4v) is 2.65. The molecule has 1 saturated heterocycles. The minimum Gasteiger partial charge on any atom is -0.456 e. The highest BCUT2D eigenvalue weighted by Crippen LogP contribution is 2.29. The average Bonchev–Trinajstić information content (AvgIpc) is 2.59. The summed E-state index contributed by atoms with van der Waals surface area (Å²) in [6, 6.07) is 14.3. The third kappa shape index (κ3) is 4.86. The number of carbonyl (C=O) groups is 1. The van der Waals surface area contributed by atoms with Gasteiger partial charge in [0.2, 0.25) is 5.91 Å². The van der Waals surface area contributed by atoms with E-state index in [1.165, 1.54) is 0 Å². The van der Waals surface area contributed by atoms with Gasteiger partial charge < -0.3 is 20.5 Å². The van der Waals surface area contributed by atoms with Crippen molar-refractivity contribution in [3.05, 3.63) is 53.6 Å². The summed E-state index contributed by atoms with van der Waals surface area (Å²) in [5, 5.41) is 3.39. The molecule has 134 valence electrons. The second-order valence-corrected chi connectivity index (χ2v) is 6.19. The topological polar surface area (TPSA) is 73.6 Å². The van der Waals surface area contributed by atoms with Crippen molar-refractivity contribution in [1.29, 1.82) is 0 Å². The van der Waals surface area contributed by atoms with E-state index in [-0.39, 0.29) is 18.3 Å². The van der Waals surface area contributed by atoms with Crippen molar-refractivity contribution in [2.24, 2.45) is 5.73 Å². The third-order valence-corrected chi connectivity index (χ3v) is 4.33. The number of nitrogens with two attached hydrogens (primary N) is 1. The van der Waals surface area contributed by atoms with Gasteiger partial charge in [-0.25, -0.2) is 0 Å². The monoisotopic (exact) mass is 382 g/mol. The summed E-state index contributed by atoms with van der Waals surface area (Å²) in [4.78, 5) is 12.4. The Balaban J connectivity index is 0.00000225. The van der Waals surface area contributed by atoms with Gasteiger partial charge in [0.05, 0.1) is 5.02 Å². The summed E-state index contributed by atoms with van der Waals surface area (Å²) in [5.41, 5.74) is 5.97. The number of hydrogen-bond acceptors (Lipinski definition) is 4. The summed E-state index contributed by atoms with van der Waals surface area (Å²) in [6.45, 7) is 1.02. The van der Waals surface area contributed by atoms with Crippen LogP contribution >= 0.6 is 24.0 Å². The van der Waals surface area contributed by atoms with Crippen molar-refractivity contribution in [2.45, 2.75) is 18.4 Å². The summed E-state index contributed by atoms with van der Waals surface area (Å²) in [7, 11) is 0. The highest BCUT2D eigenvalue weighted by atomic mass is 35.5. The van der Waals surface area contributed by atoms with Gasteiger partial charge in [0, 0.05) is 18.9 Å². The number of anilines is 1. The van der Waals surface area contributed by atoms with E-state index in [0.29, 0.717) is 48.3 Å². The molecule has 1 aliphatic rings. The van der Waals surface area contributed by atoms with Gasteiger partial charge in [-0.05, 0) is 49.2 Å². The number of amides is 1. The van der Waals surface area contributed by atoms with Crippen molar-refractivity contribution in [1.82, 2.24) is 0 Å². The number of benzene rings is 2. The van der Waals surface area contributed by atoms with E-state index < -0.39 is 5.54 Å². The molecular weight excluding hydrogens is 363 g/mol. The molecule has 0 radical (unpaired) electrons. The van der Waals surface area contributed by atoms with E-state index in [1.54, 1.807) is 36.4 Å². The lowest BCUT2D eigenvalue weighted by Gasteiger charge is -2.31. The Bertz CT molecular complexity index is 717. The number of halogens is 2. The minimum atomic E-state index is -0.870. The van der Waals surface area contributed by atoms with E-state index in [4.69, 9.17) is 26.8 Å². The molecule has 2 aromatic rings. The van der Waals surface area contributed by atoms with Gasteiger partial charge in [0.1, 0.15) is 17.0 Å². The zero-order valence-electron chi connectivity index (χ0n) is 13.5. The number of para-hydroxylation sites is 1. The van der Waals surface area contributed by atoms with Crippen LogP contribution in [-0.2, 0) is 9.53 Å². The van der Waals surface area contributed by atoms with E-state index in [9.17, 15) is 4.79 Å². The molecular formula is C18H20Cl2N2O3. The molecule has 2 aromatic carbocycles. The van der Waals surface area contributed by atoms with Crippen molar-refractivity contribution in [3.63, 3.8) is 0 Å². The minimum absolute atomic E-state index is 0. The quantitative estimate of drug-likeness (QED) is 0.837. The summed E-state index contributed by atoms with van der Waals surface area (Å²) >= 11 is 6.07. The number of carbonyl (C=O) groups excluding carboxylic acids is 1. The van der Waals surface area contributed by atoms with Crippen LogP contribution in [0.1, 0.15) is 12.8 Å². The Morgan fingerprint density at radius 3 is 2.40 bits per heavy atom. The average molecular weight is 383 g/mol. The highest BCUT2D eigenvalue weighted by molar-refractivity contribution is 6.32. The Kier molecular flexibility index (Phi) is 6.67. The number of nitrogens with one attached hydrogen (secondary N) is 1. The molecule has 0 aromatic heterocycles. The Labute approximate surface area is 157 Å². The van der Waals surface area contributed by atoms with E-state index in [1.807, 2.05) is 12.1 Å². The molecule has 25 heavy (non-hydrogen) atoms. The Morgan fingerprint density at radius 2 is 1.76 bits per heavy atom. The molecule has 7 heteroatoms. The molecule has 1 amide bonds. The van der Waals surface area contributed by atoms with E-state index in [0.717, 1.165) is 0 Å². The predicted molar refractivity (Wildman–Crippen MR) is 101 cm³/mol. The smallest absolute Gasteiger partial charge is 0.244 e. The third-order valence-electron chi connectivity index (χ3n) is 4.01. The Morgan fingerprint density at radius 1 is 1.12 bits per heavy atom. The van der Waals surface area contributed by atoms with Crippen molar-refractivity contribution < 1.29 is 14.3 Å². The van der Waals surface area contributed by atoms with Crippen molar-refractivity contribution >= 4 is 35.6 Å². The van der Waals surface area contributed by atoms with Gasteiger partial charge in [-0.15, -0.1) is 12.4 Å². The van der Waals surface area contributed by atoms with Gasteiger partial charge >= 0.3 is 0 Å². The molecule has 0 saturated carbocycles. The van der Waals surface area contributed by atoms with E-state index >= 15 is 0 Å². The lowest BCUT2D eigenvalue weighted by atomic mass is 9.90. The summed E-state index contributed by atoms with van der Waals surface area (Å²) < 4.78 is 11.0. The van der Waals surface area contributed by atoms with Crippen molar-refractivity contribution in [2.75, 3.05) is 18.5 Å². The van der Waals surface area contributed by atoms with E-state index in [2.05, 4.69) is 5.32 Å². The first-order valence-corrected chi connectivity index (χ1v) is 8.15. The normalized spacial score (nSPS) is 15.8. The molecule has 0 spiro atoms. The molecule has 1 fully saturated rings. The molecule has 0 unspecified atom stereocenters. The van der Waals surface area contributed by atoms with Gasteiger partial charge in [-0.2, -0.15) is 0 Å². The first kappa shape index (κ1) is 19.5. The second kappa shape index (κ2) is 8.54. The summed E-state index contributed by atoms with van der Waals surface area (Å²) in [6.07, 6.45) is 1.04. The van der Waals surface area contributed by atoms with Gasteiger partial charge in [-0.1, -0.05) is 23.7 Å². The maximum absolute atomic E-state index is 12.4.